The molecule has 0 spiro atoms. The van der Waals surface area contributed by atoms with Gasteiger partial charge in [-0.25, -0.2) is 0 Å². The first kappa shape index (κ1) is 9.43. The first-order valence-corrected chi connectivity index (χ1v) is 3.00. The van der Waals surface area contributed by atoms with Gasteiger partial charge in [-0.05, 0) is 0 Å². The smallest absolute Gasteiger partial charge is 0.257 e. The summed E-state index contributed by atoms with van der Waals surface area (Å²) in [7, 11) is 1.40. The van der Waals surface area contributed by atoms with Crippen LogP contribution in [0.4, 0.5) is 0 Å². The fraction of sp³-hybridized carbons (Fsp3) is 0.500. The van der Waals surface area contributed by atoms with Crippen LogP contribution in [0.3, 0.4) is 0 Å². The number of carbonyl (C=O) groups is 2. The predicted octanol–water partition coefficient (Wildman–Crippen LogP) is -1.24. The van der Waals surface area contributed by atoms with E-state index < -0.39 is 17.9 Å². The highest BCUT2D eigenvalue weighted by Gasteiger charge is 2.15. The molecule has 0 saturated carbocycles. The van der Waals surface area contributed by atoms with E-state index in [4.69, 9.17) is 5.26 Å². The van der Waals surface area contributed by atoms with E-state index in [1.807, 2.05) is 0 Å². The van der Waals surface area contributed by atoms with E-state index in [1.54, 1.807) is 6.07 Å². The minimum absolute atomic E-state index is 0.403. The fourth-order valence-corrected chi connectivity index (χ4v) is 0.504. The van der Waals surface area contributed by atoms with Crippen molar-refractivity contribution in [3.05, 3.63) is 0 Å². The van der Waals surface area contributed by atoms with Crippen molar-refractivity contribution in [2.24, 2.45) is 0 Å². The molecule has 0 unspecified atom stereocenters. The maximum absolute atomic E-state index is 10.7. The molecule has 2 amide bonds. The highest BCUT2D eigenvalue weighted by atomic mass is 16.2. The average molecular weight is 155 g/mol. The van der Waals surface area contributed by atoms with E-state index in [0.717, 1.165) is 0 Å². The van der Waals surface area contributed by atoms with Gasteiger partial charge in [-0.2, -0.15) is 5.26 Å². The first-order chi connectivity index (χ1) is 5.11. The number of likely N-dealkylation sites (N-methyl/N-ethyl adjacent to an activating group) is 1. The number of amides is 2. The minimum atomic E-state index is -1.09. The summed E-state index contributed by atoms with van der Waals surface area (Å²) in [6.07, 6.45) is 0. The zero-order valence-electron chi connectivity index (χ0n) is 6.34. The lowest BCUT2D eigenvalue weighted by molar-refractivity contribution is -0.126. The van der Waals surface area contributed by atoms with Crippen molar-refractivity contribution in [1.82, 2.24) is 10.6 Å². The van der Waals surface area contributed by atoms with Gasteiger partial charge in [0, 0.05) is 14.0 Å². The average Bonchev–Trinajstić information content (AvgIpc) is 1.98. The van der Waals surface area contributed by atoms with Gasteiger partial charge in [-0.1, -0.05) is 0 Å². The third-order valence-electron chi connectivity index (χ3n) is 0.985. The standard InChI is InChI=1S/C6H9N3O2/c1-4(10)9-5(3-7)6(11)8-2/h5H,1-2H3,(H,8,11)(H,9,10)/t5-/m0/s1. The van der Waals surface area contributed by atoms with Crippen molar-refractivity contribution < 1.29 is 9.59 Å². The lowest BCUT2D eigenvalue weighted by Gasteiger charge is -2.06. The second kappa shape index (κ2) is 4.28. The number of carbonyl (C=O) groups excluding carboxylic acids is 2. The van der Waals surface area contributed by atoms with Crippen LogP contribution in [0, 0.1) is 11.3 Å². The quantitative estimate of drug-likeness (QED) is 0.523. The molecule has 11 heavy (non-hydrogen) atoms. The number of rotatable bonds is 2. The molecule has 5 nitrogen and oxygen atoms in total. The topological polar surface area (TPSA) is 82.0 Å². The van der Waals surface area contributed by atoms with Gasteiger partial charge < -0.3 is 10.6 Å². The van der Waals surface area contributed by atoms with Crippen LogP contribution in [0.5, 0.6) is 0 Å². The van der Waals surface area contributed by atoms with Crippen molar-refractivity contribution >= 4 is 11.8 Å². The first-order valence-electron chi connectivity index (χ1n) is 3.00. The van der Waals surface area contributed by atoms with Crippen molar-refractivity contribution in [3.63, 3.8) is 0 Å². The van der Waals surface area contributed by atoms with Gasteiger partial charge in [0.2, 0.25) is 5.91 Å². The Labute approximate surface area is 64.4 Å². The summed E-state index contributed by atoms with van der Waals surface area (Å²) in [5, 5.41) is 12.8. The second-order valence-electron chi connectivity index (χ2n) is 1.88. The molecule has 0 aromatic carbocycles. The van der Waals surface area contributed by atoms with E-state index in [0.29, 0.717) is 0 Å². The molecule has 0 aliphatic rings. The van der Waals surface area contributed by atoms with E-state index in [1.165, 1.54) is 14.0 Å². The van der Waals surface area contributed by atoms with Gasteiger partial charge in [-0.15, -0.1) is 0 Å². The number of nitriles is 1. The van der Waals surface area contributed by atoms with E-state index in [2.05, 4.69) is 10.6 Å². The van der Waals surface area contributed by atoms with Crippen LogP contribution in [-0.4, -0.2) is 24.9 Å². The summed E-state index contributed by atoms with van der Waals surface area (Å²) in [4.78, 5) is 21.1. The Morgan fingerprint density at radius 2 is 2.09 bits per heavy atom. The van der Waals surface area contributed by atoms with Gasteiger partial charge in [-0.3, -0.25) is 9.59 Å². The van der Waals surface area contributed by atoms with Crippen molar-refractivity contribution in [3.8, 4) is 6.07 Å². The largest absolute Gasteiger partial charge is 0.356 e. The normalized spacial score (nSPS) is 11.0. The third-order valence-corrected chi connectivity index (χ3v) is 0.985. The van der Waals surface area contributed by atoms with Crippen molar-refractivity contribution in [2.45, 2.75) is 13.0 Å². The second-order valence-corrected chi connectivity index (χ2v) is 1.88. The van der Waals surface area contributed by atoms with Gasteiger partial charge in [0.15, 0.2) is 6.04 Å². The number of nitrogens with zero attached hydrogens (tertiary/aromatic N) is 1. The Balaban J connectivity index is 4.09. The molecule has 1 atom stereocenters. The van der Waals surface area contributed by atoms with Gasteiger partial charge in [0.1, 0.15) is 0 Å². The molecule has 0 aliphatic carbocycles. The van der Waals surface area contributed by atoms with Crippen LogP contribution in [0.25, 0.3) is 0 Å². The summed E-state index contributed by atoms with van der Waals surface area (Å²) >= 11 is 0. The maximum atomic E-state index is 10.7. The summed E-state index contributed by atoms with van der Waals surface area (Å²) in [5.41, 5.74) is 0. The van der Waals surface area contributed by atoms with Crippen LogP contribution in [0.1, 0.15) is 6.92 Å². The Hall–Kier alpha value is -1.57. The van der Waals surface area contributed by atoms with Crippen LogP contribution in [0.15, 0.2) is 0 Å². The molecule has 0 rings (SSSR count). The predicted molar refractivity (Wildman–Crippen MR) is 37.3 cm³/mol. The molecule has 2 N–H and O–H groups in total. The Bertz CT molecular complexity index is 206. The molecular formula is C6H9N3O2. The van der Waals surface area contributed by atoms with Crippen LogP contribution >= 0.6 is 0 Å². The molecule has 0 aliphatic heterocycles. The molecule has 0 bridgehead atoms. The molecule has 0 heterocycles. The highest BCUT2D eigenvalue weighted by Crippen LogP contribution is 1.79. The highest BCUT2D eigenvalue weighted by molar-refractivity contribution is 5.88. The van der Waals surface area contributed by atoms with E-state index in [-0.39, 0.29) is 0 Å². The zero-order valence-corrected chi connectivity index (χ0v) is 6.34. The van der Waals surface area contributed by atoms with Crippen molar-refractivity contribution in [1.29, 1.82) is 5.26 Å². The lowest BCUT2D eigenvalue weighted by atomic mass is 10.3. The monoisotopic (exact) mass is 155 g/mol. The molecule has 60 valence electrons. The molecule has 0 fully saturated rings. The minimum Gasteiger partial charge on any atom is -0.356 e. The Morgan fingerprint density at radius 1 is 1.55 bits per heavy atom. The summed E-state index contributed by atoms with van der Waals surface area (Å²) in [6.45, 7) is 1.24. The van der Waals surface area contributed by atoms with E-state index >= 15 is 0 Å². The lowest BCUT2D eigenvalue weighted by Crippen LogP contribution is -2.43. The van der Waals surface area contributed by atoms with Crippen molar-refractivity contribution in [2.75, 3.05) is 7.05 Å². The van der Waals surface area contributed by atoms with Gasteiger partial charge in [0.25, 0.3) is 5.91 Å². The number of nitrogens with one attached hydrogen (secondary N) is 2. The number of hydrogen-bond acceptors (Lipinski definition) is 3. The fourth-order valence-electron chi connectivity index (χ4n) is 0.504. The van der Waals surface area contributed by atoms with Gasteiger partial charge >= 0.3 is 0 Å². The maximum Gasteiger partial charge on any atom is 0.257 e. The summed E-state index contributed by atoms with van der Waals surface area (Å²) < 4.78 is 0. The molecule has 5 heteroatoms. The van der Waals surface area contributed by atoms with Crippen LogP contribution < -0.4 is 10.6 Å². The van der Waals surface area contributed by atoms with E-state index in [9.17, 15) is 9.59 Å². The number of hydrogen-bond donors (Lipinski definition) is 2. The van der Waals surface area contributed by atoms with Crippen LogP contribution in [-0.2, 0) is 9.59 Å². The van der Waals surface area contributed by atoms with Crippen LogP contribution in [0.2, 0.25) is 0 Å². The molecule has 0 aromatic heterocycles. The summed E-state index contributed by atoms with van der Waals surface area (Å²) in [5.74, 6) is -0.914. The zero-order chi connectivity index (χ0) is 8.85. The van der Waals surface area contributed by atoms with Gasteiger partial charge in [0.05, 0.1) is 6.07 Å². The molecular weight excluding hydrogens is 146 g/mol. The Morgan fingerprint density at radius 3 is 2.36 bits per heavy atom. The molecule has 0 saturated heterocycles. The summed E-state index contributed by atoms with van der Waals surface area (Å²) in [6, 6.07) is 0.554. The molecule has 0 aromatic rings. The molecule has 0 radical (unpaired) electrons. The Kier molecular flexibility index (Phi) is 3.67. The SMILES string of the molecule is CNC(=O)[C@H](C#N)NC(C)=O. The third kappa shape index (κ3) is 3.20.